The molecule has 0 radical (unpaired) electrons. The summed E-state index contributed by atoms with van der Waals surface area (Å²) in [6.07, 6.45) is -5.05. The Morgan fingerprint density at radius 2 is 1.79 bits per heavy atom. The summed E-state index contributed by atoms with van der Waals surface area (Å²) in [5, 5.41) is 8.24. The third kappa shape index (κ3) is 4.47. The van der Waals surface area contributed by atoms with Gasteiger partial charge in [0.15, 0.2) is 0 Å². The number of alkyl halides is 3. The molecule has 1 aliphatic rings. The minimum atomic E-state index is -4.81. The number of nitrogens with zero attached hydrogens (tertiary/aromatic N) is 3. The number of nitriles is 1. The van der Waals surface area contributed by atoms with Crippen LogP contribution in [0.4, 0.5) is 18.9 Å². The van der Waals surface area contributed by atoms with Crippen LogP contribution in [0, 0.1) is 11.3 Å². The van der Waals surface area contributed by atoms with Gasteiger partial charge in [-0.2, -0.15) is 18.4 Å². The third-order valence-electron chi connectivity index (χ3n) is 5.16. The lowest BCUT2D eigenvalue weighted by molar-refractivity contribution is -0.138. The highest BCUT2D eigenvalue weighted by molar-refractivity contribution is 8.00. The van der Waals surface area contributed by atoms with Crippen molar-refractivity contribution in [1.82, 2.24) is 4.98 Å². The van der Waals surface area contributed by atoms with Crippen molar-refractivity contribution in [1.29, 1.82) is 5.26 Å². The van der Waals surface area contributed by atoms with Crippen LogP contribution < -0.4 is 9.64 Å². The number of halogens is 3. The molecule has 2 aromatic carbocycles. The Hall–Kier alpha value is -3.84. The molecule has 0 bridgehead atoms. The third-order valence-corrected chi connectivity index (χ3v) is 6.33. The van der Waals surface area contributed by atoms with Gasteiger partial charge < -0.3 is 4.74 Å². The second kappa shape index (κ2) is 9.19. The zero-order valence-corrected chi connectivity index (χ0v) is 18.5. The number of rotatable bonds is 5. The van der Waals surface area contributed by atoms with Crippen LogP contribution in [0.25, 0.3) is 11.3 Å². The molecular formula is C24H16F3N3O3S. The molecular weight excluding hydrogens is 467 g/mol. The highest BCUT2D eigenvalue weighted by Crippen LogP contribution is 2.41. The van der Waals surface area contributed by atoms with Gasteiger partial charge in [-0.25, -0.2) is 9.88 Å². The zero-order chi connectivity index (χ0) is 24.5. The van der Waals surface area contributed by atoms with Crippen LogP contribution >= 0.6 is 11.8 Å². The number of methoxy groups -OCH3 is 1. The Morgan fingerprint density at radius 1 is 1.12 bits per heavy atom. The highest BCUT2D eigenvalue weighted by atomic mass is 32.2. The summed E-state index contributed by atoms with van der Waals surface area (Å²) in [6, 6.07) is 16.9. The van der Waals surface area contributed by atoms with Gasteiger partial charge in [0.2, 0.25) is 11.8 Å². The lowest BCUT2D eigenvalue weighted by Crippen LogP contribution is -2.31. The normalized spacial score (nSPS) is 16.0. The first kappa shape index (κ1) is 23.3. The number of anilines is 1. The number of benzene rings is 2. The van der Waals surface area contributed by atoms with Crippen molar-refractivity contribution in [3.8, 4) is 23.1 Å². The fourth-order valence-corrected chi connectivity index (χ4v) is 4.65. The molecule has 3 aromatic rings. The molecule has 4 rings (SSSR count). The Bertz CT molecular complexity index is 1290. The molecule has 1 fully saturated rings. The van der Waals surface area contributed by atoms with Gasteiger partial charge in [-0.1, -0.05) is 42.1 Å². The SMILES string of the molecule is COc1ccc(N2C(=O)C[C@H](Sc3nc(-c4ccccc4)cc(C(F)(F)F)c3C#N)C2=O)cc1. The molecule has 0 unspecified atom stereocenters. The summed E-state index contributed by atoms with van der Waals surface area (Å²) in [6.45, 7) is 0. The quantitative estimate of drug-likeness (QED) is 0.471. The minimum Gasteiger partial charge on any atom is -0.497 e. The molecule has 34 heavy (non-hydrogen) atoms. The number of hydrogen-bond donors (Lipinski definition) is 0. The molecule has 6 nitrogen and oxygen atoms in total. The van der Waals surface area contributed by atoms with Crippen LogP contribution in [0.2, 0.25) is 0 Å². The van der Waals surface area contributed by atoms with Crippen LogP contribution in [0.1, 0.15) is 17.5 Å². The molecule has 172 valence electrons. The highest BCUT2D eigenvalue weighted by Gasteiger charge is 2.42. The van der Waals surface area contributed by atoms with Crippen molar-refractivity contribution >= 4 is 29.3 Å². The second-order valence-corrected chi connectivity index (χ2v) is 8.48. The number of hydrogen-bond acceptors (Lipinski definition) is 6. The molecule has 0 N–H and O–H groups in total. The lowest BCUT2D eigenvalue weighted by Gasteiger charge is -2.17. The molecule has 1 aromatic heterocycles. The first-order valence-corrected chi connectivity index (χ1v) is 10.9. The molecule has 0 saturated carbocycles. The van der Waals surface area contributed by atoms with E-state index in [-0.39, 0.29) is 17.1 Å². The van der Waals surface area contributed by atoms with E-state index in [2.05, 4.69) is 4.98 Å². The average Bonchev–Trinajstić information content (AvgIpc) is 3.11. The maximum absolute atomic E-state index is 13.8. The molecule has 2 amide bonds. The number of carbonyl (C=O) groups is 2. The molecule has 10 heteroatoms. The Kier molecular flexibility index (Phi) is 6.30. The zero-order valence-electron chi connectivity index (χ0n) is 17.7. The number of thioether (sulfide) groups is 1. The molecule has 0 spiro atoms. The van der Waals surface area contributed by atoms with Gasteiger partial charge in [0.25, 0.3) is 0 Å². The smallest absolute Gasteiger partial charge is 0.417 e. The number of ether oxygens (including phenoxy) is 1. The predicted octanol–water partition coefficient (Wildman–Crippen LogP) is 5.07. The fourth-order valence-electron chi connectivity index (χ4n) is 3.53. The predicted molar refractivity (Wildman–Crippen MR) is 119 cm³/mol. The van der Waals surface area contributed by atoms with E-state index in [0.717, 1.165) is 11.0 Å². The number of imide groups is 1. The first-order chi connectivity index (χ1) is 16.2. The molecule has 1 saturated heterocycles. The summed E-state index contributed by atoms with van der Waals surface area (Å²) in [7, 11) is 1.48. The largest absolute Gasteiger partial charge is 0.497 e. The maximum atomic E-state index is 13.8. The van der Waals surface area contributed by atoms with Gasteiger partial charge in [-0.15, -0.1) is 0 Å². The number of pyridine rings is 1. The van der Waals surface area contributed by atoms with E-state index in [1.54, 1.807) is 60.7 Å². The Morgan fingerprint density at radius 3 is 2.38 bits per heavy atom. The number of carbonyl (C=O) groups excluding carboxylic acids is 2. The van der Waals surface area contributed by atoms with Crippen LogP contribution in [0.15, 0.2) is 65.7 Å². The van der Waals surface area contributed by atoms with Crippen molar-refractivity contribution in [2.24, 2.45) is 0 Å². The van der Waals surface area contributed by atoms with Gasteiger partial charge in [0.05, 0.1) is 34.9 Å². The van der Waals surface area contributed by atoms with E-state index < -0.39 is 34.4 Å². The summed E-state index contributed by atoms with van der Waals surface area (Å²) in [4.78, 5) is 30.9. The van der Waals surface area contributed by atoms with E-state index in [4.69, 9.17) is 4.74 Å². The molecule has 2 heterocycles. The van der Waals surface area contributed by atoms with Gasteiger partial charge in [0.1, 0.15) is 16.8 Å². The van der Waals surface area contributed by atoms with Gasteiger partial charge in [-0.3, -0.25) is 9.59 Å². The lowest BCUT2D eigenvalue weighted by atomic mass is 10.1. The fraction of sp³-hybridized carbons (Fsp3) is 0.167. The van der Waals surface area contributed by atoms with Crippen molar-refractivity contribution in [3.05, 3.63) is 71.8 Å². The number of aromatic nitrogens is 1. The molecule has 0 aliphatic carbocycles. The van der Waals surface area contributed by atoms with E-state index in [1.807, 2.05) is 0 Å². The maximum Gasteiger partial charge on any atom is 0.417 e. The van der Waals surface area contributed by atoms with E-state index >= 15 is 0 Å². The summed E-state index contributed by atoms with van der Waals surface area (Å²) < 4.78 is 46.4. The summed E-state index contributed by atoms with van der Waals surface area (Å²) in [5.41, 5.74) is -1.07. The second-order valence-electron chi connectivity index (χ2n) is 7.29. The van der Waals surface area contributed by atoms with Crippen molar-refractivity contribution < 1.29 is 27.5 Å². The van der Waals surface area contributed by atoms with Crippen molar-refractivity contribution in [2.45, 2.75) is 22.9 Å². The van der Waals surface area contributed by atoms with Crippen LogP contribution in [0.5, 0.6) is 5.75 Å². The topological polar surface area (TPSA) is 83.3 Å². The Labute approximate surface area is 197 Å². The van der Waals surface area contributed by atoms with Gasteiger partial charge in [-0.05, 0) is 30.3 Å². The monoisotopic (exact) mass is 483 g/mol. The summed E-state index contributed by atoms with van der Waals surface area (Å²) in [5.74, 6) is -0.556. The van der Waals surface area contributed by atoms with E-state index in [9.17, 15) is 28.0 Å². The molecule has 1 atom stereocenters. The Balaban J connectivity index is 1.72. The van der Waals surface area contributed by atoms with Crippen molar-refractivity contribution in [2.75, 3.05) is 12.0 Å². The average molecular weight is 483 g/mol. The van der Waals surface area contributed by atoms with Gasteiger partial charge in [0, 0.05) is 12.0 Å². The van der Waals surface area contributed by atoms with Crippen LogP contribution in [0.3, 0.4) is 0 Å². The van der Waals surface area contributed by atoms with E-state index in [1.165, 1.54) is 7.11 Å². The van der Waals surface area contributed by atoms with Crippen molar-refractivity contribution in [3.63, 3.8) is 0 Å². The van der Waals surface area contributed by atoms with Crippen LogP contribution in [-0.2, 0) is 15.8 Å². The summed E-state index contributed by atoms with van der Waals surface area (Å²) >= 11 is 0.689. The first-order valence-electron chi connectivity index (χ1n) is 9.98. The van der Waals surface area contributed by atoms with Gasteiger partial charge >= 0.3 is 6.18 Å². The standard InChI is InChI=1S/C24H16F3N3O3S/c1-33-16-9-7-15(8-10-16)30-21(31)12-20(23(30)32)34-22-17(13-28)18(24(25,26)27)11-19(29-22)14-5-3-2-4-6-14/h2-11,20H,12H2,1H3/t20-/m0/s1. The van der Waals surface area contributed by atoms with E-state index in [0.29, 0.717) is 28.8 Å². The number of amides is 2. The van der Waals surface area contributed by atoms with Crippen LogP contribution in [-0.4, -0.2) is 29.2 Å². The minimum absolute atomic E-state index is 0.0122. The molecule has 1 aliphatic heterocycles.